The summed E-state index contributed by atoms with van der Waals surface area (Å²) in [5.74, 6) is 1.47. The summed E-state index contributed by atoms with van der Waals surface area (Å²) >= 11 is 6.65. The summed E-state index contributed by atoms with van der Waals surface area (Å²) in [6.45, 7) is 3.22. The van der Waals surface area contributed by atoms with Gasteiger partial charge >= 0.3 is 0 Å². The monoisotopic (exact) mass is 373 g/mol. The number of thioether (sulfide) groups is 1. The van der Waals surface area contributed by atoms with Gasteiger partial charge in [-0.05, 0) is 42.3 Å². The topological polar surface area (TPSA) is 42.7 Å². The molecule has 1 fully saturated rings. The lowest BCUT2D eigenvalue weighted by Gasteiger charge is -2.11. The summed E-state index contributed by atoms with van der Waals surface area (Å²) < 4.78 is 11.5. The maximum atomic E-state index is 12.6. The first-order valence-corrected chi connectivity index (χ1v) is 9.40. The van der Waals surface area contributed by atoms with Gasteiger partial charge in [-0.15, -0.1) is 0 Å². The van der Waals surface area contributed by atoms with Gasteiger partial charge in [-0.3, -0.25) is 9.69 Å². The Balaban J connectivity index is 1.67. The number of hydrogen-bond donors (Lipinski definition) is 0. The molecule has 4 nitrogen and oxygen atoms in total. The molecule has 0 saturated carbocycles. The van der Waals surface area contributed by atoms with Crippen LogP contribution in [0.4, 0.5) is 0 Å². The van der Waals surface area contributed by atoms with Crippen LogP contribution in [0.5, 0.6) is 5.75 Å². The molecule has 0 spiro atoms. The predicted octanol–water partition coefficient (Wildman–Crippen LogP) is 4.86. The molecule has 0 unspecified atom stereocenters. The number of carbonyl (C=O) groups excluding carboxylic acids is 1. The van der Waals surface area contributed by atoms with E-state index in [-0.39, 0.29) is 5.91 Å². The molecule has 0 N–H and O–H groups in total. The molecule has 2 heterocycles. The molecule has 0 bridgehead atoms. The highest BCUT2D eigenvalue weighted by molar-refractivity contribution is 8.26. The molecule has 25 heavy (non-hydrogen) atoms. The van der Waals surface area contributed by atoms with Gasteiger partial charge in [-0.2, -0.15) is 0 Å². The van der Waals surface area contributed by atoms with E-state index in [2.05, 4.69) is 6.92 Å². The fraction of sp³-hybridized carbons (Fsp3) is 0.263. The quantitative estimate of drug-likeness (QED) is 0.394. The van der Waals surface area contributed by atoms with Crippen molar-refractivity contribution in [2.75, 3.05) is 6.61 Å². The maximum absolute atomic E-state index is 12.6. The van der Waals surface area contributed by atoms with Gasteiger partial charge in [0.25, 0.3) is 5.91 Å². The predicted molar refractivity (Wildman–Crippen MR) is 104 cm³/mol. The Morgan fingerprint density at radius 1 is 1.28 bits per heavy atom. The van der Waals surface area contributed by atoms with E-state index in [0.717, 1.165) is 30.8 Å². The third-order valence-corrected chi connectivity index (χ3v) is 5.09. The van der Waals surface area contributed by atoms with Crippen molar-refractivity contribution in [2.45, 2.75) is 26.3 Å². The summed E-state index contributed by atoms with van der Waals surface area (Å²) in [7, 11) is 0. The molecular weight excluding hydrogens is 354 g/mol. The van der Waals surface area contributed by atoms with Crippen LogP contribution in [0.2, 0.25) is 0 Å². The summed E-state index contributed by atoms with van der Waals surface area (Å²) in [5.41, 5.74) is 0.946. The lowest BCUT2D eigenvalue weighted by Crippen LogP contribution is -2.27. The van der Waals surface area contributed by atoms with E-state index < -0.39 is 0 Å². The Kier molecular flexibility index (Phi) is 5.94. The van der Waals surface area contributed by atoms with E-state index in [1.807, 2.05) is 36.4 Å². The zero-order chi connectivity index (χ0) is 17.6. The molecule has 2 aromatic rings. The second-order valence-corrected chi connectivity index (χ2v) is 7.29. The van der Waals surface area contributed by atoms with E-state index in [1.165, 1.54) is 11.8 Å². The lowest BCUT2D eigenvalue weighted by molar-refractivity contribution is -0.122. The van der Waals surface area contributed by atoms with Gasteiger partial charge in [0.15, 0.2) is 0 Å². The van der Waals surface area contributed by atoms with Crippen LogP contribution in [0, 0.1) is 0 Å². The number of ether oxygens (including phenoxy) is 1. The average molecular weight is 373 g/mol. The summed E-state index contributed by atoms with van der Waals surface area (Å²) in [4.78, 5) is 14.8. The number of thiocarbonyl (C=S) groups is 1. The van der Waals surface area contributed by atoms with Crippen molar-refractivity contribution < 1.29 is 13.9 Å². The van der Waals surface area contributed by atoms with Crippen molar-refractivity contribution in [3.05, 3.63) is 58.9 Å². The number of amides is 1. The van der Waals surface area contributed by atoms with Crippen LogP contribution in [0.25, 0.3) is 6.08 Å². The van der Waals surface area contributed by atoms with Gasteiger partial charge in [-0.25, -0.2) is 0 Å². The molecule has 1 aliphatic heterocycles. The fourth-order valence-corrected chi connectivity index (χ4v) is 3.60. The fourth-order valence-electron chi connectivity index (χ4n) is 2.34. The first-order valence-electron chi connectivity index (χ1n) is 8.18. The minimum atomic E-state index is -0.0883. The largest absolute Gasteiger partial charge is 0.494 e. The number of furan rings is 1. The molecule has 0 aliphatic carbocycles. The number of nitrogens with zero attached hydrogens (tertiary/aromatic N) is 1. The van der Waals surface area contributed by atoms with Crippen LogP contribution in [-0.4, -0.2) is 21.7 Å². The van der Waals surface area contributed by atoms with Crippen LogP contribution in [0.1, 0.15) is 31.1 Å². The first-order chi connectivity index (χ1) is 12.2. The normalized spacial score (nSPS) is 16.0. The van der Waals surface area contributed by atoms with E-state index in [0.29, 0.717) is 21.5 Å². The smallest absolute Gasteiger partial charge is 0.266 e. The number of rotatable bonds is 7. The van der Waals surface area contributed by atoms with Crippen molar-refractivity contribution in [2.24, 2.45) is 0 Å². The van der Waals surface area contributed by atoms with E-state index in [4.69, 9.17) is 21.4 Å². The van der Waals surface area contributed by atoms with Gasteiger partial charge in [0.2, 0.25) is 0 Å². The van der Waals surface area contributed by atoms with Crippen molar-refractivity contribution in [3.63, 3.8) is 0 Å². The number of carbonyl (C=O) groups is 1. The highest BCUT2D eigenvalue weighted by Crippen LogP contribution is 2.33. The third kappa shape index (κ3) is 4.52. The molecule has 1 aliphatic rings. The highest BCUT2D eigenvalue weighted by Gasteiger charge is 2.32. The first kappa shape index (κ1) is 17.8. The molecule has 6 heteroatoms. The van der Waals surface area contributed by atoms with Crippen molar-refractivity contribution in [1.82, 2.24) is 4.90 Å². The zero-order valence-electron chi connectivity index (χ0n) is 13.9. The van der Waals surface area contributed by atoms with Gasteiger partial charge in [-0.1, -0.05) is 49.5 Å². The van der Waals surface area contributed by atoms with Crippen LogP contribution in [0.15, 0.2) is 52.0 Å². The molecule has 130 valence electrons. The average Bonchev–Trinajstić information content (AvgIpc) is 3.21. The van der Waals surface area contributed by atoms with Gasteiger partial charge in [0.1, 0.15) is 15.8 Å². The maximum Gasteiger partial charge on any atom is 0.266 e. The molecule has 1 amide bonds. The van der Waals surface area contributed by atoms with Crippen LogP contribution in [0.3, 0.4) is 0 Å². The molecule has 0 radical (unpaired) electrons. The van der Waals surface area contributed by atoms with E-state index in [9.17, 15) is 4.79 Å². The Morgan fingerprint density at radius 3 is 2.76 bits per heavy atom. The Morgan fingerprint density at radius 2 is 2.08 bits per heavy atom. The molecule has 1 saturated heterocycles. The third-order valence-electron chi connectivity index (χ3n) is 3.71. The van der Waals surface area contributed by atoms with Gasteiger partial charge < -0.3 is 9.15 Å². The zero-order valence-corrected chi connectivity index (χ0v) is 15.6. The second-order valence-electron chi connectivity index (χ2n) is 5.62. The molecule has 1 aromatic heterocycles. The SMILES string of the molecule is CCCCOc1ccc(/C=C2\SC(=S)N(Cc3ccco3)C2=O)cc1. The Bertz CT molecular complexity index is 766. The summed E-state index contributed by atoms with van der Waals surface area (Å²) in [5, 5.41) is 0. The minimum absolute atomic E-state index is 0.0883. The van der Waals surface area contributed by atoms with Crippen LogP contribution >= 0.6 is 24.0 Å². The molecule has 3 rings (SSSR count). The molecule has 1 aromatic carbocycles. The van der Waals surface area contributed by atoms with Crippen LogP contribution in [-0.2, 0) is 11.3 Å². The standard InChI is InChI=1S/C19H19NO3S2/c1-2-3-10-22-15-8-6-14(7-9-15)12-17-18(21)20(19(24)25-17)13-16-5-4-11-23-16/h4-9,11-12H,2-3,10,13H2,1H3/b17-12-. The number of benzene rings is 1. The number of unbranched alkanes of at least 4 members (excludes halogenated alkanes) is 1. The second kappa shape index (κ2) is 8.36. The van der Waals surface area contributed by atoms with Crippen LogP contribution < -0.4 is 4.74 Å². The molecule has 0 atom stereocenters. The van der Waals surface area contributed by atoms with Gasteiger partial charge in [0.05, 0.1) is 24.3 Å². The lowest BCUT2D eigenvalue weighted by atomic mass is 10.2. The summed E-state index contributed by atoms with van der Waals surface area (Å²) in [6, 6.07) is 11.4. The van der Waals surface area contributed by atoms with E-state index in [1.54, 1.807) is 17.2 Å². The highest BCUT2D eigenvalue weighted by atomic mass is 32.2. The Labute approximate surface area is 156 Å². The van der Waals surface area contributed by atoms with Crippen molar-refractivity contribution in [3.8, 4) is 5.75 Å². The minimum Gasteiger partial charge on any atom is -0.494 e. The van der Waals surface area contributed by atoms with E-state index >= 15 is 0 Å². The van der Waals surface area contributed by atoms with Gasteiger partial charge in [0, 0.05) is 0 Å². The molecular formula is C19H19NO3S2. The Hall–Kier alpha value is -2.05. The van der Waals surface area contributed by atoms with Crippen molar-refractivity contribution >= 4 is 40.3 Å². The summed E-state index contributed by atoms with van der Waals surface area (Å²) in [6.07, 6.45) is 5.60. The number of hydrogen-bond acceptors (Lipinski definition) is 5. The van der Waals surface area contributed by atoms with Crippen molar-refractivity contribution in [1.29, 1.82) is 0 Å².